The molecule has 3 aromatic rings. The summed E-state index contributed by atoms with van der Waals surface area (Å²) in [6, 6.07) is 11.5. The first-order valence-electron chi connectivity index (χ1n) is 8.55. The van der Waals surface area contributed by atoms with Crippen LogP contribution in [0.3, 0.4) is 0 Å². The zero-order valence-corrected chi connectivity index (χ0v) is 16.2. The van der Waals surface area contributed by atoms with Crippen LogP contribution in [-0.4, -0.2) is 35.0 Å². The molecule has 0 aliphatic rings. The van der Waals surface area contributed by atoms with Crippen molar-refractivity contribution < 1.29 is 17.9 Å². The van der Waals surface area contributed by atoms with Gasteiger partial charge in [-0.05, 0) is 63.2 Å². The summed E-state index contributed by atoms with van der Waals surface area (Å²) in [5, 5.41) is -0.678. The maximum atomic E-state index is 12.8. The van der Waals surface area contributed by atoms with Gasteiger partial charge in [0.1, 0.15) is 5.75 Å². The van der Waals surface area contributed by atoms with E-state index in [4.69, 9.17) is 10.5 Å². The van der Waals surface area contributed by atoms with E-state index in [9.17, 15) is 13.2 Å². The van der Waals surface area contributed by atoms with Gasteiger partial charge in [-0.25, -0.2) is 17.4 Å². The van der Waals surface area contributed by atoms with Crippen LogP contribution in [0.1, 0.15) is 36.7 Å². The minimum absolute atomic E-state index is 0.121. The molecule has 0 aliphatic heterocycles. The lowest BCUT2D eigenvalue weighted by atomic mass is 10.0. The molecule has 0 saturated carbocycles. The number of carbonyl (C=O) groups excluding carboxylic acids is 1. The molecule has 2 aromatic carbocycles. The molecular formula is C19H21N3O4S. The summed E-state index contributed by atoms with van der Waals surface area (Å²) in [6.07, 6.45) is 0. The Kier molecular flexibility index (Phi) is 4.93. The summed E-state index contributed by atoms with van der Waals surface area (Å²) in [6.45, 7) is 5.55. The summed E-state index contributed by atoms with van der Waals surface area (Å²) in [5.74, 6) is 0.330. The summed E-state index contributed by atoms with van der Waals surface area (Å²) >= 11 is 0. The SMILES string of the molecule is CCOc1ccc(C(=O)c2ccc3nc(N)n(S(=O)(=O)C(C)C)c3c2)cc1. The van der Waals surface area contributed by atoms with Gasteiger partial charge in [-0.2, -0.15) is 0 Å². The number of aromatic nitrogens is 2. The largest absolute Gasteiger partial charge is 0.494 e. The van der Waals surface area contributed by atoms with Crippen LogP contribution in [0.5, 0.6) is 5.75 Å². The standard InChI is InChI=1S/C19H21N3O4S/c1-4-26-15-8-5-13(6-9-15)18(23)14-7-10-16-17(11-14)22(19(20)21-16)27(24,25)12(2)3/h5-12H,4H2,1-3H3,(H2,20,21). The molecule has 7 nitrogen and oxygen atoms in total. The van der Waals surface area contributed by atoms with Gasteiger partial charge >= 0.3 is 0 Å². The third kappa shape index (κ3) is 3.40. The maximum absolute atomic E-state index is 12.8. The molecule has 0 atom stereocenters. The van der Waals surface area contributed by atoms with E-state index in [0.29, 0.717) is 29.0 Å². The van der Waals surface area contributed by atoms with Crippen molar-refractivity contribution in [2.24, 2.45) is 0 Å². The number of ketones is 1. The molecule has 1 aromatic heterocycles. The van der Waals surface area contributed by atoms with Crippen LogP contribution in [0.15, 0.2) is 42.5 Å². The number of hydrogen-bond acceptors (Lipinski definition) is 6. The lowest BCUT2D eigenvalue weighted by Crippen LogP contribution is -2.23. The number of nitrogens with zero attached hydrogens (tertiary/aromatic N) is 2. The number of ether oxygens (including phenoxy) is 1. The molecule has 0 unspecified atom stereocenters. The number of hydrogen-bond donors (Lipinski definition) is 1. The molecule has 0 aliphatic carbocycles. The second-order valence-corrected chi connectivity index (χ2v) is 8.66. The van der Waals surface area contributed by atoms with E-state index in [1.54, 1.807) is 50.2 Å². The molecule has 2 N–H and O–H groups in total. The first-order chi connectivity index (χ1) is 12.8. The van der Waals surface area contributed by atoms with Crippen LogP contribution in [-0.2, 0) is 10.0 Å². The Bertz CT molecular complexity index is 1100. The van der Waals surface area contributed by atoms with Gasteiger partial charge < -0.3 is 10.5 Å². The number of anilines is 1. The Balaban J connectivity index is 2.07. The Morgan fingerprint density at radius 3 is 2.37 bits per heavy atom. The summed E-state index contributed by atoms with van der Waals surface area (Å²) < 4.78 is 31.6. The molecule has 0 bridgehead atoms. The Morgan fingerprint density at radius 1 is 1.15 bits per heavy atom. The molecule has 142 valence electrons. The van der Waals surface area contributed by atoms with Crippen molar-refractivity contribution in [3.05, 3.63) is 53.6 Å². The Labute approximate surface area is 157 Å². The highest BCUT2D eigenvalue weighted by molar-refractivity contribution is 7.90. The fourth-order valence-electron chi connectivity index (χ4n) is 2.73. The third-order valence-corrected chi connectivity index (χ3v) is 6.26. The molecule has 1 heterocycles. The topological polar surface area (TPSA) is 104 Å². The molecule has 3 rings (SSSR count). The van der Waals surface area contributed by atoms with E-state index in [-0.39, 0.29) is 17.2 Å². The molecule has 0 amide bonds. The van der Waals surface area contributed by atoms with Gasteiger partial charge in [0, 0.05) is 11.1 Å². The highest BCUT2D eigenvalue weighted by Crippen LogP contribution is 2.25. The number of nitrogens with two attached hydrogens (primary N) is 1. The number of rotatable bonds is 6. The van der Waals surface area contributed by atoms with Crippen molar-refractivity contribution in [2.45, 2.75) is 26.0 Å². The second kappa shape index (κ2) is 7.03. The van der Waals surface area contributed by atoms with Gasteiger partial charge in [-0.1, -0.05) is 0 Å². The van der Waals surface area contributed by atoms with Gasteiger partial charge in [0.15, 0.2) is 5.78 Å². The van der Waals surface area contributed by atoms with Crippen LogP contribution in [0.4, 0.5) is 5.95 Å². The van der Waals surface area contributed by atoms with E-state index in [0.717, 1.165) is 3.97 Å². The average Bonchev–Trinajstić information content (AvgIpc) is 2.97. The molecule has 0 radical (unpaired) electrons. The predicted molar refractivity (Wildman–Crippen MR) is 105 cm³/mol. The summed E-state index contributed by atoms with van der Waals surface area (Å²) in [5.41, 5.74) is 7.37. The minimum Gasteiger partial charge on any atom is -0.494 e. The van der Waals surface area contributed by atoms with E-state index < -0.39 is 15.3 Å². The van der Waals surface area contributed by atoms with Crippen molar-refractivity contribution in [3.63, 3.8) is 0 Å². The third-order valence-electron chi connectivity index (χ3n) is 4.18. The van der Waals surface area contributed by atoms with Gasteiger partial charge in [-0.3, -0.25) is 4.79 Å². The fourth-order valence-corrected chi connectivity index (χ4v) is 3.87. The molecule has 0 saturated heterocycles. The lowest BCUT2D eigenvalue weighted by molar-refractivity contribution is 0.103. The first-order valence-corrected chi connectivity index (χ1v) is 10.1. The van der Waals surface area contributed by atoms with Crippen LogP contribution >= 0.6 is 0 Å². The monoisotopic (exact) mass is 387 g/mol. The van der Waals surface area contributed by atoms with Crippen molar-refractivity contribution in [1.82, 2.24) is 8.96 Å². The summed E-state index contributed by atoms with van der Waals surface area (Å²) in [4.78, 5) is 16.9. The number of carbonyl (C=O) groups is 1. The molecule has 0 spiro atoms. The van der Waals surface area contributed by atoms with Crippen molar-refractivity contribution in [1.29, 1.82) is 0 Å². The smallest absolute Gasteiger partial charge is 0.244 e. The predicted octanol–water partition coefficient (Wildman–Crippen LogP) is 2.83. The number of fused-ring (bicyclic) bond motifs is 1. The normalized spacial score (nSPS) is 11.9. The van der Waals surface area contributed by atoms with E-state index in [1.807, 2.05) is 6.92 Å². The molecular weight excluding hydrogens is 366 g/mol. The number of imidazole rings is 1. The van der Waals surface area contributed by atoms with Crippen LogP contribution in [0, 0.1) is 0 Å². The fraction of sp³-hybridized carbons (Fsp3) is 0.263. The quantitative estimate of drug-likeness (QED) is 0.652. The minimum atomic E-state index is -3.71. The highest BCUT2D eigenvalue weighted by atomic mass is 32.2. The zero-order valence-electron chi connectivity index (χ0n) is 15.3. The van der Waals surface area contributed by atoms with Gasteiger partial charge in [0.05, 0.1) is 22.9 Å². The maximum Gasteiger partial charge on any atom is 0.244 e. The van der Waals surface area contributed by atoms with Crippen LogP contribution in [0.2, 0.25) is 0 Å². The molecule has 27 heavy (non-hydrogen) atoms. The first kappa shape index (κ1) is 18.9. The van der Waals surface area contributed by atoms with Gasteiger partial charge in [0.2, 0.25) is 16.0 Å². The number of nitrogen functional groups attached to an aromatic ring is 1. The van der Waals surface area contributed by atoms with Crippen molar-refractivity contribution in [2.75, 3.05) is 12.3 Å². The zero-order chi connectivity index (χ0) is 19.8. The Morgan fingerprint density at radius 2 is 1.78 bits per heavy atom. The average molecular weight is 387 g/mol. The highest BCUT2D eigenvalue weighted by Gasteiger charge is 2.25. The van der Waals surface area contributed by atoms with E-state index >= 15 is 0 Å². The van der Waals surface area contributed by atoms with Crippen LogP contribution < -0.4 is 10.5 Å². The second-order valence-electron chi connectivity index (χ2n) is 6.32. The van der Waals surface area contributed by atoms with E-state index in [2.05, 4.69) is 4.98 Å². The summed E-state index contributed by atoms with van der Waals surface area (Å²) in [7, 11) is -3.71. The number of benzene rings is 2. The van der Waals surface area contributed by atoms with Gasteiger partial charge in [0.25, 0.3) is 0 Å². The van der Waals surface area contributed by atoms with Crippen molar-refractivity contribution in [3.8, 4) is 5.75 Å². The van der Waals surface area contributed by atoms with Gasteiger partial charge in [-0.15, -0.1) is 0 Å². The van der Waals surface area contributed by atoms with E-state index in [1.165, 1.54) is 6.07 Å². The molecule has 8 heteroatoms. The van der Waals surface area contributed by atoms with Crippen molar-refractivity contribution >= 4 is 32.8 Å². The van der Waals surface area contributed by atoms with Crippen LogP contribution in [0.25, 0.3) is 11.0 Å². The Hall–Kier alpha value is -2.87. The molecule has 0 fully saturated rings. The lowest BCUT2D eigenvalue weighted by Gasteiger charge is -2.11.